The van der Waals surface area contributed by atoms with Gasteiger partial charge in [0.05, 0.1) is 19.1 Å². The van der Waals surface area contributed by atoms with E-state index < -0.39 is 0 Å². The first-order valence-electron chi connectivity index (χ1n) is 9.71. The second-order valence-electron chi connectivity index (χ2n) is 7.80. The van der Waals surface area contributed by atoms with Crippen molar-refractivity contribution in [2.24, 2.45) is 11.8 Å². The van der Waals surface area contributed by atoms with Crippen molar-refractivity contribution in [3.63, 3.8) is 0 Å². The molecule has 3 atom stereocenters. The Morgan fingerprint density at radius 3 is 2.83 bits per heavy atom. The summed E-state index contributed by atoms with van der Waals surface area (Å²) >= 11 is 0. The lowest BCUT2D eigenvalue weighted by molar-refractivity contribution is -0.133. The highest BCUT2D eigenvalue weighted by Crippen LogP contribution is 2.45. The molecule has 0 radical (unpaired) electrons. The van der Waals surface area contributed by atoms with Crippen molar-refractivity contribution in [3.8, 4) is 0 Å². The van der Waals surface area contributed by atoms with Crippen molar-refractivity contribution in [3.05, 3.63) is 47.4 Å². The van der Waals surface area contributed by atoms with Gasteiger partial charge in [-0.2, -0.15) is 4.98 Å². The van der Waals surface area contributed by atoms with E-state index in [1.165, 1.54) is 19.1 Å². The normalized spacial score (nSPS) is 24.0. The van der Waals surface area contributed by atoms with Gasteiger partial charge in [-0.3, -0.25) is 14.5 Å². The largest absolute Gasteiger partial charge is 0.347 e. The van der Waals surface area contributed by atoms with Crippen LogP contribution in [0.2, 0.25) is 0 Å². The summed E-state index contributed by atoms with van der Waals surface area (Å²) in [7, 11) is 0. The predicted octanol–water partition coefficient (Wildman–Crippen LogP) is 1.28. The van der Waals surface area contributed by atoms with Gasteiger partial charge < -0.3 is 14.7 Å². The van der Waals surface area contributed by atoms with Crippen LogP contribution in [0.5, 0.6) is 0 Å². The lowest BCUT2D eigenvalue weighted by Crippen LogP contribution is -2.41. The topological polar surface area (TPSA) is 91.6 Å². The predicted molar refractivity (Wildman–Crippen MR) is 101 cm³/mol. The Kier molecular flexibility index (Phi) is 5.31. The van der Waals surface area contributed by atoms with Crippen LogP contribution in [0.15, 0.2) is 28.8 Å². The summed E-state index contributed by atoms with van der Waals surface area (Å²) in [6.45, 7) is 5.80. The van der Waals surface area contributed by atoms with Crippen molar-refractivity contribution in [2.45, 2.75) is 26.4 Å². The van der Waals surface area contributed by atoms with Crippen molar-refractivity contribution in [2.75, 3.05) is 26.2 Å². The van der Waals surface area contributed by atoms with Crippen molar-refractivity contribution in [1.29, 1.82) is 0 Å². The number of likely N-dealkylation sites (tertiary alicyclic amines) is 2. The maximum atomic E-state index is 13.9. The third kappa shape index (κ3) is 4.14. The van der Waals surface area contributed by atoms with Crippen LogP contribution < -0.4 is 5.32 Å². The Hall–Kier alpha value is -2.81. The fourth-order valence-electron chi connectivity index (χ4n) is 4.55. The first-order valence-corrected chi connectivity index (χ1v) is 9.71. The number of carbonyl (C=O) groups excluding carboxylic acids is 2. The van der Waals surface area contributed by atoms with Gasteiger partial charge in [0.2, 0.25) is 17.7 Å². The highest BCUT2D eigenvalue weighted by Gasteiger charge is 2.49. The van der Waals surface area contributed by atoms with E-state index in [1.807, 2.05) is 6.07 Å². The minimum atomic E-state index is -0.322. The van der Waals surface area contributed by atoms with Gasteiger partial charge in [0, 0.05) is 39.4 Å². The average molecular weight is 401 g/mol. The fraction of sp³-hybridized carbons (Fsp3) is 0.500. The van der Waals surface area contributed by atoms with Crippen LogP contribution in [0.4, 0.5) is 4.39 Å². The molecule has 2 amide bonds. The number of amides is 2. The van der Waals surface area contributed by atoms with Crippen LogP contribution in [0, 0.1) is 24.6 Å². The number of hydrogen-bond donors (Lipinski definition) is 1. The Labute approximate surface area is 168 Å². The third-order valence-electron chi connectivity index (χ3n) is 5.67. The fourth-order valence-corrected chi connectivity index (χ4v) is 4.55. The highest BCUT2D eigenvalue weighted by atomic mass is 19.1. The molecule has 2 aliphatic heterocycles. The molecule has 1 aromatic heterocycles. The SMILES string of the molecule is CC(=O)NCC(=O)N1C[C@@H]2CN(Cc3noc(C)n3)C[C@@H]2[C@H]1c1cccc(F)c1. The smallest absolute Gasteiger partial charge is 0.242 e. The maximum Gasteiger partial charge on any atom is 0.242 e. The average Bonchev–Trinajstić information content (AvgIpc) is 3.34. The summed E-state index contributed by atoms with van der Waals surface area (Å²) in [4.78, 5) is 32.3. The number of nitrogens with one attached hydrogen (secondary N) is 1. The molecule has 29 heavy (non-hydrogen) atoms. The molecular weight excluding hydrogens is 377 g/mol. The molecular formula is C20H24FN5O3. The van der Waals surface area contributed by atoms with E-state index in [0.29, 0.717) is 24.8 Å². The number of aryl methyl sites for hydroxylation is 1. The number of rotatable bonds is 5. The van der Waals surface area contributed by atoms with E-state index in [9.17, 15) is 14.0 Å². The first kappa shape index (κ1) is 19.5. The number of benzene rings is 1. The van der Waals surface area contributed by atoms with Crippen molar-refractivity contribution >= 4 is 11.8 Å². The summed E-state index contributed by atoms with van der Waals surface area (Å²) in [5.74, 6) is 0.891. The molecule has 0 unspecified atom stereocenters. The molecule has 4 rings (SSSR count). The summed E-state index contributed by atoms with van der Waals surface area (Å²) in [5.41, 5.74) is 0.783. The molecule has 0 spiro atoms. The molecule has 0 bridgehead atoms. The summed E-state index contributed by atoms with van der Waals surface area (Å²) < 4.78 is 19.0. The van der Waals surface area contributed by atoms with Gasteiger partial charge in [0.15, 0.2) is 5.82 Å². The number of halogens is 1. The molecule has 2 aromatic rings. The molecule has 154 valence electrons. The van der Waals surface area contributed by atoms with Crippen LogP contribution in [0.25, 0.3) is 0 Å². The Morgan fingerprint density at radius 2 is 2.14 bits per heavy atom. The van der Waals surface area contributed by atoms with E-state index in [2.05, 4.69) is 20.4 Å². The lowest BCUT2D eigenvalue weighted by atomic mass is 9.89. The second-order valence-corrected chi connectivity index (χ2v) is 7.80. The van der Waals surface area contributed by atoms with Gasteiger partial charge in [-0.25, -0.2) is 4.39 Å². The number of carbonyl (C=O) groups is 2. The van der Waals surface area contributed by atoms with E-state index in [1.54, 1.807) is 17.9 Å². The van der Waals surface area contributed by atoms with Crippen LogP contribution in [-0.4, -0.2) is 57.9 Å². The Balaban J connectivity index is 1.54. The number of fused-ring (bicyclic) bond motifs is 1. The second kappa shape index (κ2) is 7.90. The zero-order chi connectivity index (χ0) is 20.5. The summed E-state index contributed by atoms with van der Waals surface area (Å²) in [6.07, 6.45) is 0. The van der Waals surface area contributed by atoms with Crippen LogP contribution in [0.3, 0.4) is 0 Å². The van der Waals surface area contributed by atoms with Gasteiger partial charge in [-0.15, -0.1) is 0 Å². The number of nitrogens with zero attached hydrogens (tertiary/aromatic N) is 4. The van der Waals surface area contributed by atoms with Crippen LogP contribution >= 0.6 is 0 Å². The zero-order valence-electron chi connectivity index (χ0n) is 16.5. The number of aromatic nitrogens is 2. The third-order valence-corrected chi connectivity index (χ3v) is 5.67. The molecule has 9 heteroatoms. The molecule has 8 nitrogen and oxygen atoms in total. The number of hydrogen-bond acceptors (Lipinski definition) is 6. The Bertz CT molecular complexity index is 917. The van der Waals surface area contributed by atoms with E-state index in [-0.39, 0.29) is 42.1 Å². The molecule has 2 aliphatic rings. The van der Waals surface area contributed by atoms with Crippen LogP contribution in [0.1, 0.15) is 30.2 Å². The summed E-state index contributed by atoms with van der Waals surface area (Å²) in [5, 5.41) is 6.54. The lowest BCUT2D eigenvalue weighted by Gasteiger charge is -2.30. The minimum absolute atomic E-state index is 0.0492. The van der Waals surface area contributed by atoms with Gasteiger partial charge in [-0.05, 0) is 23.6 Å². The van der Waals surface area contributed by atoms with Gasteiger partial charge >= 0.3 is 0 Å². The van der Waals surface area contributed by atoms with E-state index >= 15 is 0 Å². The Morgan fingerprint density at radius 1 is 1.31 bits per heavy atom. The monoisotopic (exact) mass is 401 g/mol. The van der Waals surface area contributed by atoms with Gasteiger partial charge in [-0.1, -0.05) is 17.3 Å². The molecule has 0 aliphatic carbocycles. The highest BCUT2D eigenvalue weighted by molar-refractivity contribution is 5.84. The maximum absolute atomic E-state index is 13.9. The zero-order valence-corrected chi connectivity index (χ0v) is 16.5. The van der Waals surface area contributed by atoms with Crippen LogP contribution in [-0.2, 0) is 16.1 Å². The standard InChI is InChI=1S/C20H24FN5O3/c1-12(27)22-7-19(28)26-9-15-8-25(11-18-23-13(2)29-24-18)10-17(15)20(26)14-4-3-5-16(21)6-14/h3-6,15,17,20H,7-11H2,1-2H3,(H,22,27)/t15-,17-,20+/m0/s1. The van der Waals surface area contributed by atoms with E-state index in [4.69, 9.17) is 4.52 Å². The molecule has 0 saturated carbocycles. The first-order chi connectivity index (χ1) is 13.9. The molecule has 1 N–H and O–H groups in total. The molecule has 1 aromatic carbocycles. The molecule has 3 heterocycles. The quantitative estimate of drug-likeness (QED) is 0.812. The molecule has 2 fully saturated rings. The minimum Gasteiger partial charge on any atom is -0.347 e. The van der Waals surface area contributed by atoms with Crippen molar-refractivity contribution in [1.82, 2.24) is 25.3 Å². The van der Waals surface area contributed by atoms with E-state index in [0.717, 1.165) is 18.7 Å². The molecule has 2 saturated heterocycles. The van der Waals surface area contributed by atoms with Crippen molar-refractivity contribution < 1.29 is 18.5 Å². The van der Waals surface area contributed by atoms with Gasteiger partial charge in [0.25, 0.3) is 0 Å². The van der Waals surface area contributed by atoms with Gasteiger partial charge in [0.1, 0.15) is 5.82 Å². The summed E-state index contributed by atoms with van der Waals surface area (Å²) in [6, 6.07) is 6.20.